The largest absolute Gasteiger partial charge is 0.492 e. The molecule has 2 atom stereocenters. The molecule has 0 bridgehead atoms. The molecule has 1 aliphatic carbocycles. The molecule has 0 amide bonds. The van der Waals surface area contributed by atoms with Gasteiger partial charge >= 0.3 is 5.72 Å². The number of hydrogen-bond acceptors (Lipinski definition) is 4. The van der Waals surface area contributed by atoms with Crippen molar-refractivity contribution in [3.63, 3.8) is 0 Å². The molecule has 0 aromatic heterocycles. The SMILES string of the molecule is CCC1C=CC=C(OC)C1(OC)[N+](=O)[O-]. The molecule has 1 rings (SSSR count). The van der Waals surface area contributed by atoms with E-state index >= 15 is 0 Å². The van der Waals surface area contributed by atoms with Gasteiger partial charge in [0, 0.05) is 7.11 Å². The number of methoxy groups -OCH3 is 2. The zero-order chi connectivity index (χ0) is 11.5. The van der Waals surface area contributed by atoms with Crippen LogP contribution in [0.3, 0.4) is 0 Å². The summed E-state index contributed by atoms with van der Waals surface area (Å²) in [7, 11) is 2.74. The summed E-state index contributed by atoms with van der Waals surface area (Å²) in [6.07, 6.45) is 5.72. The molecule has 2 unspecified atom stereocenters. The maximum absolute atomic E-state index is 11.2. The molecular formula is C10H15NO4. The Kier molecular flexibility index (Phi) is 3.47. The smallest absolute Gasteiger partial charge is 0.388 e. The molecule has 0 fully saturated rings. The summed E-state index contributed by atoms with van der Waals surface area (Å²) in [6.45, 7) is 1.88. The fourth-order valence-corrected chi connectivity index (χ4v) is 1.89. The van der Waals surface area contributed by atoms with Gasteiger partial charge in [0.1, 0.15) is 0 Å². The molecule has 5 nitrogen and oxygen atoms in total. The van der Waals surface area contributed by atoms with E-state index < -0.39 is 10.6 Å². The molecule has 15 heavy (non-hydrogen) atoms. The molecule has 0 saturated heterocycles. The minimum atomic E-state index is -1.57. The first-order valence-electron chi connectivity index (χ1n) is 4.76. The van der Waals surface area contributed by atoms with Gasteiger partial charge in [0.05, 0.1) is 18.0 Å². The number of rotatable bonds is 4. The van der Waals surface area contributed by atoms with E-state index in [9.17, 15) is 10.1 Å². The lowest BCUT2D eigenvalue weighted by atomic mass is 9.87. The highest BCUT2D eigenvalue weighted by Gasteiger charge is 2.55. The van der Waals surface area contributed by atoms with Gasteiger partial charge in [0.25, 0.3) is 0 Å². The quantitative estimate of drug-likeness (QED) is 0.405. The van der Waals surface area contributed by atoms with Crippen LogP contribution in [0.2, 0.25) is 0 Å². The molecule has 0 aliphatic heterocycles. The Morgan fingerprint density at radius 2 is 2.27 bits per heavy atom. The lowest BCUT2D eigenvalue weighted by Crippen LogP contribution is -2.49. The number of nitro groups is 1. The molecule has 5 heteroatoms. The van der Waals surface area contributed by atoms with E-state index in [4.69, 9.17) is 9.47 Å². The first-order valence-corrected chi connectivity index (χ1v) is 4.76. The van der Waals surface area contributed by atoms with Gasteiger partial charge < -0.3 is 9.47 Å². The van der Waals surface area contributed by atoms with Gasteiger partial charge in [-0.05, 0) is 12.5 Å². The van der Waals surface area contributed by atoms with Crippen molar-refractivity contribution in [3.05, 3.63) is 34.1 Å². The molecule has 0 aromatic rings. The van der Waals surface area contributed by atoms with Crippen LogP contribution in [0.5, 0.6) is 0 Å². The van der Waals surface area contributed by atoms with Gasteiger partial charge in [-0.15, -0.1) is 0 Å². The molecular weight excluding hydrogens is 198 g/mol. The van der Waals surface area contributed by atoms with Crippen LogP contribution < -0.4 is 0 Å². The first kappa shape index (κ1) is 11.7. The van der Waals surface area contributed by atoms with Crippen LogP contribution >= 0.6 is 0 Å². The van der Waals surface area contributed by atoms with Crippen LogP contribution in [0.25, 0.3) is 0 Å². The number of ether oxygens (including phenoxy) is 2. The van der Waals surface area contributed by atoms with Crippen LogP contribution in [0.15, 0.2) is 24.0 Å². The van der Waals surface area contributed by atoms with Crippen molar-refractivity contribution >= 4 is 0 Å². The molecule has 1 aliphatic rings. The van der Waals surface area contributed by atoms with Crippen LogP contribution in [-0.4, -0.2) is 24.9 Å². The standard InChI is InChI=1S/C10H15NO4/c1-4-8-6-5-7-9(14-2)10(8,15-3)11(12)13/h5-8H,4H2,1-3H3. The van der Waals surface area contributed by atoms with Gasteiger partial charge in [0.2, 0.25) is 5.76 Å². The Bertz CT molecular complexity index is 311. The first-order chi connectivity index (χ1) is 7.13. The Morgan fingerprint density at radius 1 is 1.60 bits per heavy atom. The molecule has 0 aromatic carbocycles. The predicted molar refractivity (Wildman–Crippen MR) is 54.7 cm³/mol. The zero-order valence-electron chi connectivity index (χ0n) is 9.10. The lowest BCUT2D eigenvalue weighted by Gasteiger charge is -2.31. The van der Waals surface area contributed by atoms with Crippen molar-refractivity contribution in [1.29, 1.82) is 0 Å². The second kappa shape index (κ2) is 4.44. The summed E-state index contributed by atoms with van der Waals surface area (Å²) in [5.41, 5.74) is -1.57. The lowest BCUT2D eigenvalue weighted by molar-refractivity contribution is -0.628. The molecule has 0 radical (unpaired) electrons. The topological polar surface area (TPSA) is 61.6 Å². The second-order valence-electron chi connectivity index (χ2n) is 3.29. The second-order valence-corrected chi connectivity index (χ2v) is 3.29. The highest BCUT2D eigenvalue weighted by Crippen LogP contribution is 2.36. The zero-order valence-corrected chi connectivity index (χ0v) is 9.10. The summed E-state index contributed by atoms with van der Waals surface area (Å²) in [4.78, 5) is 10.7. The average molecular weight is 213 g/mol. The Morgan fingerprint density at radius 3 is 2.67 bits per heavy atom. The van der Waals surface area contributed by atoms with Crippen molar-refractivity contribution in [2.24, 2.45) is 5.92 Å². The summed E-state index contributed by atoms with van der Waals surface area (Å²) in [5, 5.41) is 11.2. The highest BCUT2D eigenvalue weighted by molar-refractivity contribution is 5.24. The normalized spacial score (nSPS) is 29.8. The Balaban J connectivity index is 3.22. The maximum Gasteiger partial charge on any atom is 0.388 e. The van der Waals surface area contributed by atoms with E-state index in [0.29, 0.717) is 6.42 Å². The highest BCUT2D eigenvalue weighted by atomic mass is 16.7. The summed E-state index contributed by atoms with van der Waals surface area (Å²) in [6, 6.07) is 0. The summed E-state index contributed by atoms with van der Waals surface area (Å²) < 4.78 is 10.1. The Hall–Kier alpha value is -1.36. The van der Waals surface area contributed by atoms with Gasteiger partial charge in [-0.3, -0.25) is 10.1 Å². The minimum Gasteiger partial charge on any atom is -0.492 e. The fourth-order valence-electron chi connectivity index (χ4n) is 1.89. The van der Waals surface area contributed by atoms with Crippen molar-refractivity contribution in [2.45, 2.75) is 19.1 Å². The third-order valence-electron chi connectivity index (χ3n) is 2.69. The fraction of sp³-hybridized carbons (Fsp3) is 0.600. The number of hydrogen-bond donors (Lipinski definition) is 0. The van der Waals surface area contributed by atoms with Crippen LogP contribution in [0.4, 0.5) is 0 Å². The third kappa shape index (κ3) is 1.63. The van der Waals surface area contributed by atoms with E-state index in [2.05, 4.69) is 0 Å². The van der Waals surface area contributed by atoms with E-state index in [-0.39, 0.29) is 11.7 Å². The van der Waals surface area contributed by atoms with Crippen LogP contribution in [0.1, 0.15) is 13.3 Å². The molecule has 0 saturated carbocycles. The van der Waals surface area contributed by atoms with Crippen molar-refractivity contribution in [1.82, 2.24) is 0 Å². The van der Waals surface area contributed by atoms with Crippen molar-refractivity contribution in [2.75, 3.05) is 14.2 Å². The van der Waals surface area contributed by atoms with Crippen molar-refractivity contribution < 1.29 is 14.4 Å². The van der Waals surface area contributed by atoms with Gasteiger partial charge in [-0.25, -0.2) is 0 Å². The van der Waals surface area contributed by atoms with E-state index in [1.54, 1.807) is 18.2 Å². The molecule has 0 N–H and O–H groups in total. The van der Waals surface area contributed by atoms with Crippen LogP contribution in [0, 0.1) is 16.0 Å². The van der Waals surface area contributed by atoms with Gasteiger partial charge in [-0.2, -0.15) is 0 Å². The summed E-state index contributed by atoms with van der Waals surface area (Å²) in [5.74, 6) is -0.0678. The Labute approximate surface area is 88.5 Å². The van der Waals surface area contributed by atoms with E-state index in [1.165, 1.54) is 14.2 Å². The number of allylic oxidation sites excluding steroid dienone is 2. The van der Waals surface area contributed by atoms with Gasteiger partial charge in [-0.1, -0.05) is 19.1 Å². The monoisotopic (exact) mass is 213 g/mol. The molecule has 0 spiro atoms. The van der Waals surface area contributed by atoms with E-state index in [0.717, 1.165) is 0 Å². The van der Waals surface area contributed by atoms with Gasteiger partial charge in [0.15, 0.2) is 0 Å². The molecule has 0 heterocycles. The van der Waals surface area contributed by atoms with E-state index in [1.807, 2.05) is 6.92 Å². The average Bonchev–Trinajstić information content (AvgIpc) is 2.26. The third-order valence-corrected chi connectivity index (χ3v) is 2.69. The minimum absolute atomic E-state index is 0.240. The summed E-state index contributed by atoms with van der Waals surface area (Å²) >= 11 is 0. The van der Waals surface area contributed by atoms with Crippen molar-refractivity contribution in [3.8, 4) is 0 Å². The number of nitrogens with zero attached hydrogens (tertiary/aromatic N) is 1. The maximum atomic E-state index is 11.2. The van der Waals surface area contributed by atoms with Crippen LogP contribution in [-0.2, 0) is 9.47 Å². The molecule has 84 valence electrons. The predicted octanol–water partition coefficient (Wildman–Crippen LogP) is 1.73.